The molecule has 2 aliphatic carbocycles. The van der Waals surface area contributed by atoms with Crippen LogP contribution >= 0.6 is 12.4 Å². The molecule has 2 atom stereocenters. The molecular weight excluding hydrogens is 346 g/mol. The van der Waals surface area contributed by atoms with Crippen molar-refractivity contribution in [3.8, 4) is 5.75 Å². The molecule has 7 nitrogen and oxygen atoms in total. The van der Waals surface area contributed by atoms with E-state index in [1.165, 1.54) is 31.7 Å². The Bertz CT molecular complexity index is 641. The third kappa shape index (κ3) is 4.04. The molecule has 3 N–H and O–H groups in total. The van der Waals surface area contributed by atoms with E-state index in [1.54, 1.807) is 0 Å². The lowest BCUT2D eigenvalue weighted by Crippen LogP contribution is -2.53. The molecule has 2 saturated carbocycles. The van der Waals surface area contributed by atoms with E-state index in [9.17, 15) is 14.9 Å². The van der Waals surface area contributed by atoms with Gasteiger partial charge < -0.3 is 15.8 Å². The van der Waals surface area contributed by atoms with Gasteiger partial charge in [-0.05, 0) is 43.6 Å². The van der Waals surface area contributed by atoms with Crippen LogP contribution in [-0.4, -0.2) is 30.0 Å². The van der Waals surface area contributed by atoms with E-state index in [0.717, 1.165) is 25.7 Å². The Kier molecular flexibility index (Phi) is 6.24. The largest absolute Gasteiger partial charge is 0.490 e. The summed E-state index contributed by atoms with van der Waals surface area (Å²) in [6.07, 6.45) is 5.29. The highest BCUT2D eigenvalue weighted by Gasteiger charge is 2.40. The molecule has 0 heterocycles. The van der Waals surface area contributed by atoms with Gasteiger partial charge in [-0.1, -0.05) is 6.42 Å². The second-order valence-corrected chi connectivity index (χ2v) is 6.83. The van der Waals surface area contributed by atoms with E-state index in [-0.39, 0.29) is 41.8 Å². The van der Waals surface area contributed by atoms with Crippen LogP contribution in [0, 0.1) is 22.0 Å². The molecule has 0 spiro atoms. The maximum absolute atomic E-state index is 12.6. The monoisotopic (exact) mass is 369 g/mol. The van der Waals surface area contributed by atoms with Crippen molar-refractivity contribution in [3.63, 3.8) is 0 Å². The number of hydrogen-bond donors (Lipinski definition) is 2. The summed E-state index contributed by atoms with van der Waals surface area (Å²) >= 11 is 0. The van der Waals surface area contributed by atoms with Gasteiger partial charge in [-0.2, -0.15) is 0 Å². The fraction of sp³-hybridized carbons (Fsp3) is 0.588. The quantitative estimate of drug-likeness (QED) is 0.626. The lowest BCUT2D eigenvalue weighted by Gasteiger charge is -2.45. The van der Waals surface area contributed by atoms with E-state index in [1.807, 2.05) is 0 Å². The van der Waals surface area contributed by atoms with Gasteiger partial charge in [0.1, 0.15) is 0 Å². The summed E-state index contributed by atoms with van der Waals surface area (Å²) in [6.45, 7) is 0. The van der Waals surface area contributed by atoms with E-state index >= 15 is 0 Å². The van der Waals surface area contributed by atoms with E-state index in [0.29, 0.717) is 17.4 Å². The Labute approximate surface area is 152 Å². The smallest absolute Gasteiger partial charge is 0.310 e. The lowest BCUT2D eigenvalue weighted by molar-refractivity contribution is -0.385. The zero-order valence-electron chi connectivity index (χ0n) is 14.1. The molecule has 2 aliphatic rings. The van der Waals surface area contributed by atoms with Crippen LogP contribution in [0.3, 0.4) is 0 Å². The van der Waals surface area contributed by atoms with Crippen LogP contribution in [0.4, 0.5) is 5.69 Å². The van der Waals surface area contributed by atoms with Gasteiger partial charge in [-0.25, -0.2) is 0 Å². The van der Waals surface area contributed by atoms with Gasteiger partial charge >= 0.3 is 5.69 Å². The number of rotatable bonds is 4. The number of hydrogen-bond acceptors (Lipinski definition) is 5. The Morgan fingerprint density at radius 3 is 2.52 bits per heavy atom. The minimum absolute atomic E-state index is 0. The van der Waals surface area contributed by atoms with Crippen LogP contribution in [-0.2, 0) is 0 Å². The molecule has 25 heavy (non-hydrogen) atoms. The van der Waals surface area contributed by atoms with Crippen molar-refractivity contribution in [2.24, 2.45) is 17.6 Å². The number of nitrogens with two attached hydrogens (primary N) is 1. The van der Waals surface area contributed by atoms with E-state index in [2.05, 4.69) is 5.32 Å². The van der Waals surface area contributed by atoms with Crippen LogP contribution in [0.15, 0.2) is 18.2 Å². The van der Waals surface area contributed by atoms with E-state index < -0.39 is 4.92 Å². The van der Waals surface area contributed by atoms with Crippen molar-refractivity contribution < 1.29 is 14.5 Å². The first-order valence-electron chi connectivity index (χ1n) is 8.38. The third-order valence-electron chi connectivity index (χ3n) is 5.31. The highest BCUT2D eigenvalue weighted by atomic mass is 35.5. The molecule has 2 fully saturated rings. The summed E-state index contributed by atoms with van der Waals surface area (Å²) in [5.41, 5.74) is 6.36. The number of fused-ring (bicyclic) bond motifs is 2. The zero-order valence-corrected chi connectivity index (χ0v) is 15.0. The van der Waals surface area contributed by atoms with Crippen molar-refractivity contribution in [1.29, 1.82) is 0 Å². The van der Waals surface area contributed by atoms with Gasteiger partial charge in [0.2, 0.25) is 0 Å². The van der Waals surface area contributed by atoms with Gasteiger partial charge in [-0.3, -0.25) is 14.9 Å². The van der Waals surface area contributed by atoms with Gasteiger partial charge in [0.05, 0.1) is 12.0 Å². The predicted molar refractivity (Wildman–Crippen MR) is 96.2 cm³/mol. The fourth-order valence-corrected chi connectivity index (χ4v) is 4.23. The molecular formula is C17H24ClN3O4. The Morgan fingerprint density at radius 1 is 1.32 bits per heavy atom. The second-order valence-electron chi connectivity index (χ2n) is 6.83. The van der Waals surface area contributed by atoms with Gasteiger partial charge in [0, 0.05) is 29.8 Å². The fourth-order valence-electron chi connectivity index (χ4n) is 4.23. The second kappa shape index (κ2) is 8.01. The molecule has 2 unspecified atom stereocenters. The summed E-state index contributed by atoms with van der Waals surface area (Å²) in [5, 5.41) is 14.1. The SMILES string of the molecule is COc1cc(C(=O)NC2C3CCCC2CC(N)C3)ccc1[N+](=O)[O-].Cl. The topological polar surface area (TPSA) is 107 Å². The average molecular weight is 370 g/mol. The summed E-state index contributed by atoms with van der Waals surface area (Å²) in [7, 11) is 1.36. The molecule has 1 amide bonds. The molecule has 0 radical (unpaired) electrons. The minimum Gasteiger partial charge on any atom is -0.490 e. The normalized spacial score (nSPS) is 27.8. The van der Waals surface area contributed by atoms with Crippen molar-refractivity contribution in [2.75, 3.05) is 7.11 Å². The number of halogens is 1. The zero-order chi connectivity index (χ0) is 17.3. The van der Waals surface area contributed by atoms with Crippen LogP contribution < -0.4 is 15.8 Å². The summed E-state index contributed by atoms with van der Waals surface area (Å²) in [6, 6.07) is 4.59. The number of nitro benzene ring substituents is 1. The highest BCUT2D eigenvalue weighted by Crippen LogP contribution is 2.40. The first kappa shape index (κ1) is 19.5. The Balaban J connectivity index is 0.00000225. The lowest BCUT2D eigenvalue weighted by atomic mass is 9.67. The number of carbonyl (C=O) groups is 1. The van der Waals surface area contributed by atoms with Crippen molar-refractivity contribution in [3.05, 3.63) is 33.9 Å². The van der Waals surface area contributed by atoms with Crippen molar-refractivity contribution in [2.45, 2.75) is 44.2 Å². The van der Waals surface area contributed by atoms with Gasteiger partial charge in [0.15, 0.2) is 5.75 Å². The average Bonchev–Trinajstić information content (AvgIpc) is 2.54. The molecule has 2 bridgehead atoms. The third-order valence-corrected chi connectivity index (χ3v) is 5.31. The molecule has 0 aliphatic heterocycles. The number of carbonyl (C=O) groups excluding carboxylic acids is 1. The number of amides is 1. The molecule has 1 aromatic rings. The molecule has 138 valence electrons. The van der Waals surface area contributed by atoms with Gasteiger partial charge in [-0.15, -0.1) is 12.4 Å². The Morgan fingerprint density at radius 2 is 1.96 bits per heavy atom. The predicted octanol–water partition coefficient (Wildman–Crippen LogP) is 2.66. The first-order valence-corrected chi connectivity index (χ1v) is 8.38. The van der Waals surface area contributed by atoms with Crippen LogP contribution in [0.2, 0.25) is 0 Å². The standard InChI is InChI=1S/C17H23N3O4.ClH/c1-24-15-9-12(5-6-14(15)20(22)23)17(21)19-16-10-3-2-4-11(16)8-13(18)7-10;/h5-6,9-11,13,16H,2-4,7-8,18H2,1H3,(H,19,21);1H. The highest BCUT2D eigenvalue weighted by molar-refractivity contribution is 5.95. The van der Waals surface area contributed by atoms with Gasteiger partial charge in [0.25, 0.3) is 5.91 Å². The number of ether oxygens (including phenoxy) is 1. The van der Waals surface area contributed by atoms with Crippen LogP contribution in [0.5, 0.6) is 5.75 Å². The number of nitrogens with zero attached hydrogens (tertiary/aromatic N) is 1. The molecule has 0 saturated heterocycles. The number of benzene rings is 1. The minimum atomic E-state index is -0.520. The van der Waals surface area contributed by atoms with E-state index in [4.69, 9.17) is 10.5 Å². The number of nitro groups is 1. The maximum Gasteiger partial charge on any atom is 0.310 e. The van der Waals surface area contributed by atoms with Crippen LogP contribution in [0.1, 0.15) is 42.5 Å². The summed E-state index contributed by atoms with van der Waals surface area (Å²) in [5.74, 6) is 0.742. The summed E-state index contributed by atoms with van der Waals surface area (Å²) in [4.78, 5) is 23.0. The number of methoxy groups -OCH3 is 1. The molecule has 8 heteroatoms. The van der Waals surface area contributed by atoms with Crippen molar-refractivity contribution >= 4 is 24.0 Å². The van der Waals surface area contributed by atoms with Crippen LogP contribution in [0.25, 0.3) is 0 Å². The number of nitrogens with one attached hydrogen (secondary N) is 1. The molecule has 1 aromatic carbocycles. The maximum atomic E-state index is 12.6. The molecule has 0 aromatic heterocycles. The Hall–Kier alpha value is -1.86. The summed E-state index contributed by atoms with van der Waals surface area (Å²) < 4.78 is 5.04. The van der Waals surface area contributed by atoms with Crippen molar-refractivity contribution in [1.82, 2.24) is 5.32 Å². The first-order chi connectivity index (χ1) is 11.5. The molecule has 3 rings (SSSR count).